The molecule has 0 radical (unpaired) electrons. The Morgan fingerprint density at radius 2 is 1.68 bits per heavy atom. The molecule has 0 atom stereocenters. The van der Waals surface area contributed by atoms with Crippen molar-refractivity contribution in [2.24, 2.45) is 5.92 Å². The summed E-state index contributed by atoms with van der Waals surface area (Å²) >= 11 is 5.93. The zero-order chi connectivity index (χ0) is 24.9. The molecule has 0 bridgehead atoms. The van der Waals surface area contributed by atoms with E-state index in [9.17, 15) is 9.59 Å². The Bertz CT molecular complexity index is 1120. The van der Waals surface area contributed by atoms with E-state index in [4.69, 9.17) is 16.7 Å². The molecule has 7 nitrogen and oxygen atoms in total. The van der Waals surface area contributed by atoms with Crippen LogP contribution in [0.4, 0.5) is 16.3 Å². The maximum absolute atomic E-state index is 13.1. The first kappa shape index (κ1) is 25.3. The number of carbonyl (C=O) groups is 2. The van der Waals surface area contributed by atoms with E-state index in [-0.39, 0.29) is 29.8 Å². The fourth-order valence-corrected chi connectivity index (χ4v) is 3.48. The molecule has 0 aliphatic carbocycles. The Balaban J connectivity index is 1.79. The minimum Gasteiger partial charge on any atom is -0.315 e. The number of amides is 3. The molecule has 0 fully saturated rings. The summed E-state index contributed by atoms with van der Waals surface area (Å²) in [5.74, 6) is 0.444. The van der Waals surface area contributed by atoms with Crippen molar-refractivity contribution in [3.05, 3.63) is 71.4 Å². The molecule has 0 unspecified atom stereocenters. The van der Waals surface area contributed by atoms with Crippen LogP contribution in [-0.2, 0) is 10.2 Å². The molecule has 0 aliphatic rings. The predicted molar refractivity (Wildman–Crippen MR) is 138 cm³/mol. The van der Waals surface area contributed by atoms with Crippen molar-refractivity contribution in [1.82, 2.24) is 14.7 Å². The SMILES string of the molecule is CC(C)CN(CC(=O)Nc1cc(C(C)(C)C)nn1-c1ccccc1)C(=O)Nc1ccc(Cl)cc1. The lowest BCUT2D eigenvalue weighted by atomic mass is 9.92. The highest BCUT2D eigenvalue weighted by atomic mass is 35.5. The number of halogens is 1. The quantitative estimate of drug-likeness (QED) is 0.437. The van der Waals surface area contributed by atoms with E-state index < -0.39 is 0 Å². The minimum atomic E-state index is -0.349. The van der Waals surface area contributed by atoms with E-state index in [1.54, 1.807) is 28.9 Å². The van der Waals surface area contributed by atoms with Gasteiger partial charge in [0.05, 0.1) is 11.4 Å². The maximum atomic E-state index is 13.1. The Morgan fingerprint density at radius 3 is 2.26 bits per heavy atom. The van der Waals surface area contributed by atoms with E-state index in [0.717, 1.165) is 11.4 Å². The van der Waals surface area contributed by atoms with Gasteiger partial charge in [0, 0.05) is 28.7 Å². The molecule has 1 heterocycles. The number of rotatable bonds is 7. The second kappa shape index (κ2) is 10.7. The number of anilines is 2. The van der Waals surface area contributed by atoms with Crippen LogP contribution in [0.3, 0.4) is 0 Å². The van der Waals surface area contributed by atoms with Gasteiger partial charge in [0.15, 0.2) is 0 Å². The topological polar surface area (TPSA) is 79.3 Å². The molecule has 0 aliphatic heterocycles. The van der Waals surface area contributed by atoms with Crippen LogP contribution in [0.1, 0.15) is 40.3 Å². The van der Waals surface area contributed by atoms with Crippen LogP contribution in [-0.4, -0.2) is 39.7 Å². The second-order valence-electron chi connectivity index (χ2n) is 9.67. The lowest BCUT2D eigenvalue weighted by Gasteiger charge is -2.24. The van der Waals surface area contributed by atoms with E-state index >= 15 is 0 Å². The number of para-hydroxylation sites is 1. The van der Waals surface area contributed by atoms with Crippen molar-refractivity contribution in [3.63, 3.8) is 0 Å². The Kier molecular flexibility index (Phi) is 7.99. The monoisotopic (exact) mass is 481 g/mol. The highest BCUT2D eigenvalue weighted by Crippen LogP contribution is 2.26. The zero-order valence-electron chi connectivity index (χ0n) is 20.3. The third-order valence-corrected chi connectivity index (χ3v) is 5.30. The first-order chi connectivity index (χ1) is 16.0. The lowest BCUT2D eigenvalue weighted by molar-refractivity contribution is -0.116. The number of benzene rings is 2. The summed E-state index contributed by atoms with van der Waals surface area (Å²) in [4.78, 5) is 27.5. The van der Waals surface area contributed by atoms with Crippen LogP contribution < -0.4 is 10.6 Å². The number of carbonyl (C=O) groups excluding carboxylic acids is 2. The zero-order valence-corrected chi connectivity index (χ0v) is 21.1. The third kappa shape index (κ3) is 6.84. The summed E-state index contributed by atoms with van der Waals surface area (Å²) in [5.41, 5.74) is 2.11. The van der Waals surface area contributed by atoms with Crippen LogP contribution in [0.5, 0.6) is 0 Å². The number of nitrogens with zero attached hydrogens (tertiary/aromatic N) is 3. The van der Waals surface area contributed by atoms with Gasteiger partial charge in [-0.1, -0.05) is 64.4 Å². The molecule has 8 heteroatoms. The number of hydrogen-bond donors (Lipinski definition) is 2. The third-order valence-electron chi connectivity index (χ3n) is 5.05. The van der Waals surface area contributed by atoms with Crippen LogP contribution >= 0.6 is 11.6 Å². The summed E-state index contributed by atoms with van der Waals surface area (Å²) in [6.07, 6.45) is 0. The van der Waals surface area contributed by atoms with Crippen molar-refractivity contribution in [3.8, 4) is 5.69 Å². The van der Waals surface area contributed by atoms with Gasteiger partial charge >= 0.3 is 6.03 Å². The summed E-state index contributed by atoms with van der Waals surface area (Å²) in [6, 6.07) is 18.0. The highest BCUT2D eigenvalue weighted by Gasteiger charge is 2.23. The van der Waals surface area contributed by atoms with Crippen molar-refractivity contribution < 1.29 is 9.59 Å². The molecule has 2 aromatic carbocycles. The molecule has 0 spiro atoms. The normalized spacial score (nSPS) is 11.4. The van der Waals surface area contributed by atoms with E-state index in [0.29, 0.717) is 23.1 Å². The number of hydrogen-bond acceptors (Lipinski definition) is 3. The summed E-state index contributed by atoms with van der Waals surface area (Å²) in [6.45, 7) is 10.5. The molecular formula is C26H32ClN5O2. The van der Waals surface area contributed by atoms with Crippen molar-refractivity contribution >= 4 is 35.0 Å². The molecule has 180 valence electrons. The van der Waals surface area contributed by atoms with Gasteiger partial charge in [-0.25, -0.2) is 9.48 Å². The fraction of sp³-hybridized carbons (Fsp3) is 0.346. The Labute approximate surface area is 206 Å². The highest BCUT2D eigenvalue weighted by molar-refractivity contribution is 6.30. The molecule has 0 saturated carbocycles. The van der Waals surface area contributed by atoms with Gasteiger partial charge in [0.2, 0.25) is 5.91 Å². The van der Waals surface area contributed by atoms with Gasteiger partial charge in [-0.05, 0) is 42.3 Å². The van der Waals surface area contributed by atoms with Crippen LogP contribution in [0.2, 0.25) is 5.02 Å². The molecule has 3 rings (SSSR count). The van der Waals surface area contributed by atoms with E-state index in [2.05, 4.69) is 31.4 Å². The summed E-state index contributed by atoms with van der Waals surface area (Å²) in [5, 5.41) is 11.1. The molecular weight excluding hydrogens is 450 g/mol. The van der Waals surface area contributed by atoms with Crippen LogP contribution in [0.25, 0.3) is 5.69 Å². The number of nitrogens with one attached hydrogen (secondary N) is 2. The first-order valence-electron chi connectivity index (χ1n) is 11.3. The molecule has 1 aromatic heterocycles. The van der Waals surface area contributed by atoms with E-state index in [1.807, 2.05) is 50.2 Å². The smallest absolute Gasteiger partial charge is 0.315 e. The number of aromatic nitrogens is 2. The van der Waals surface area contributed by atoms with E-state index in [1.165, 1.54) is 4.90 Å². The van der Waals surface area contributed by atoms with Crippen LogP contribution in [0.15, 0.2) is 60.7 Å². The van der Waals surface area contributed by atoms with Gasteiger partial charge in [0.1, 0.15) is 12.4 Å². The standard InChI is InChI=1S/C26H32ClN5O2/c1-18(2)16-31(25(34)28-20-13-11-19(27)12-14-20)17-24(33)29-23-15-22(26(3,4)5)30-32(23)21-9-7-6-8-10-21/h6-15,18H,16-17H2,1-5H3,(H,28,34)(H,29,33). The lowest BCUT2D eigenvalue weighted by Crippen LogP contribution is -2.42. The Morgan fingerprint density at radius 1 is 1.03 bits per heavy atom. The predicted octanol–water partition coefficient (Wildman–Crippen LogP) is 5.95. The Hall–Kier alpha value is -3.32. The van der Waals surface area contributed by atoms with Crippen molar-refractivity contribution in [2.75, 3.05) is 23.7 Å². The van der Waals surface area contributed by atoms with Gasteiger partial charge in [-0.15, -0.1) is 0 Å². The molecule has 0 saturated heterocycles. The average molecular weight is 482 g/mol. The largest absolute Gasteiger partial charge is 0.322 e. The van der Waals surface area contributed by atoms with Crippen molar-refractivity contribution in [2.45, 2.75) is 40.0 Å². The summed E-state index contributed by atoms with van der Waals surface area (Å²) in [7, 11) is 0. The van der Waals surface area contributed by atoms with Crippen molar-refractivity contribution in [1.29, 1.82) is 0 Å². The van der Waals surface area contributed by atoms with Crippen LogP contribution in [0, 0.1) is 5.92 Å². The first-order valence-corrected chi connectivity index (χ1v) is 11.7. The fourth-order valence-electron chi connectivity index (χ4n) is 3.35. The van der Waals surface area contributed by atoms with Gasteiger partial charge < -0.3 is 15.5 Å². The molecule has 3 aromatic rings. The molecule has 2 N–H and O–H groups in total. The van der Waals surface area contributed by atoms with Gasteiger partial charge in [-0.3, -0.25) is 4.79 Å². The second-order valence-corrected chi connectivity index (χ2v) is 10.1. The average Bonchev–Trinajstić information content (AvgIpc) is 3.19. The molecule has 34 heavy (non-hydrogen) atoms. The number of urea groups is 1. The van der Waals surface area contributed by atoms with Gasteiger partial charge in [-0.2, -0.15) is 5.10 Å². The minimum absolute atomic E-state index is 0.0948. The summed E-state index contributed by atoms with van der Waals surface area (Å²) < 4.78 is 1.72. The van der Waals surface area contributed by atoms with Gasteiger partial charge in [0.25, 0.3) is 0 Å². The maximum Gasteiger partial charge on any atom is 0.322 e. The molecule has 3 amide bonds.